The quantitative estimate of drug-likeness (QED) is 0.587. The summed E-state index contributed by atoms with van der Waals surface area (Å²) in [6.45, 7) is 1.91. The lowest BCUT2D eigenvalue weighted by molar-refractivity contribution is -0.119. The van der Waals surface area contributed by atoms with Gasteiger partial charge in [0.1, 0.15) is 5.75 Å². The van der Waals surface area contributed by atoms with Crippen molar-refractivity contribution >= 4 is 29.3 Å². The van der Waals surface area contributed by atoms with Crippen molar-refractivity contribution in [2.75, 3.05) is 12.9 Å². The van der Waals surface area contributed by atoms with Crippen LogP contribution in [0.1, 0.15) is 18.5 Å². The van der Waals surface area contributed by atoms with Gasteiger partial charge in [-0.15, -0.1) is 10.2 Å². The first-order valence-corrected chi connectivity index (χ1v) is 10.1. The van der Waals surface area contributed by atoms with E-state index in [1.54, 1.807) is 7.11 Å². The molecule has 0 aliphatic carbocycles. The molecule has 0 radical (unpaired) electrons. The van der Waals surface area contributed by atoms with Gasteiger partial charge in [-0.1, -0.05) is 41.6 Å². The second-order valence-electron chi connectivity index (χ2n) is 6.19. The Morgan fingerprint density at radius 1 is 1.21 bits per heavy atom. The van der Waals surface area contributed by atoms with Gasteiger partial charge in [-0.2, -0.15) is 0 Å². The van der Waals surface area contributed by atoms with Gasteiger partial charge in [-0.05, 0) is 42.8 Å². The normalized spacial score (nSPS) is 11.9. The molecule has 146 valence electrons. The van der Waals surface area contributed by atoms with Gasteiger partial charge in [-0.25, -0.2) is 0 Å². The van der Waals surface area contributed by atoms with E-state index in [1.807, 2.05) is 67.1 Å². The number of halogens is 1. The Morgan fingerprint density at radius 2 is 1.93 bits per heavy atom. The van der Waals surface area contributed by atoms with Crippen molar-refractivity contribution in [3.63, 3.8) is 0 Å². The van der Waals surface area contributed by atoms with Crippen molar-refractivity contribution in [3.05, 3.63) is 59.1 Å². The van der Waals surface area contributed by atoms with Gasteiger partial charge in [0, 0.05) is 17.6 Å². The Hall–Kier alpha value is -2.51. The molecular formula is C20H21ClN4O2S. The summed E-state index contributed by atoms with van der Waals surface area (Å²) in [5.41, 5.74) is 1.82. The summed E-state index contributed by atoms with van der Waals surface area (Å²) in [7, 11) is 3.51. The number of hydrogen-bond donors (Lipinski definition) is 1. The van der Waals surface area contributed by atoms with Crippen molar-refractivity contribution in [1.29, 1.82) is 0 Å². The maximum atomic E-state index is 12.3. The standard InChI is InChI=1S/C20H21ClN4O2S/c1-13(16-6-4-5-7-17(16)21)22-18(26)12-28-20-24-23-19(25(20)2)14-8-10-15(27-3)11-9-14/h4-11,13H,12H2,1-3H3,(H,22,26). The zero-order chi connectivity index (χ0) is 20.1. The van der Waals surface area contributed by atoms with Gasteiger partial charge in [0.2, 0.25) is 5.91 Å². The molecule has 0 fully saturated rings. The van der Waals surface area contributed by atoms with Crippen LogP contribution < -0.4 is 10.1 Å². The highest BCUT2D eigenvalue weighted by molar-refractivity contribution is 7.99. The van der Waals surface area contributed by atoms with E-state index in [4.69, 9.17) is 16.3 Å². The van der Waals surface area contributed by atoms with Crippen LogP contribution in [0.2, 0.25) is 5.02 Å². The van der Waals surface area contributed by atoms with E-state index in [1.165, 1.54) is 11.8 Å². The predicted octanol–water partition coefficient (Wildman–Crippen LogP) is 4.11. The molecule has 1 atom stereocenters. The van der Waals surface area contributed by atoms with Crippen LogP contribution >= 0.6 is 23.4 Å². The van der Waals surface area contributed by atoms with Crippen molar-refractivity contribution in [3.8, 4) is 17.1 Å². The summed E-state index contributed by atoms with van der Waals surface area (Å²) >= 11 is 7.53. The van der Waals surface area contributed by atoms with E-state index >= 15 is 0 Å². The van der Waals surface area contributed by atoms with E-state index in [0.29, 0.717) is 10.2 Å². The number of methoxy groups -OCH3 is 1. The molecule has 28 heavy (non-hydrogen) atoms. The van der Waals surface area contributed by atoms with Crippen molar-refractivity contribution in [2.45, 2.75) is 18.1 Å². The number of amides is 1. The monoisotopic (exact) mass is 416 g/mol. The third kappa shape index (κ3) is 4.66. The summed E-state index contributed by atoms with van der Waals surface area (Å²) in [6, 6.07) is 14.9. The number of benzene rings is 2. The van der Waals surface area contributed by atoms with Crippen molar-refractivity contribution < 1.29 is 9.53 Å². The largest absolute Gasteiger partial charge is 0.497 e. The van der Waals surface area contributed by atoms with Gasteiger partial charge in [-0.3, -0.25) is 4.79 Å². The van der Waals surface area contributed by atoms with Crippen LogP contribution in [0.4, 0.5) is 0 Å². The lowest BCUT2D eigenvalue weighted by Crippen LogP contribution is -2.28. The minimum Gasteiger partial charge on any atom is -0.497 e. The van der Waals surface area contributed by atoms with Crippen molar-refractivity contribution in [2.24, 2.45) is 7.05 Å². The average Bonchev–Trinajstić information content (AvgIpc) is 3.07. The SMILES string of the molecule is COc1ccc(-c2nnc(SCC(=O)NC(C)c3ccccc3Cl)n2C)cc1. The first kappa shape index (κ1) is 20.2. The Morgan fingerprint density at radius 3 is 2.61 bits per heavy atom. The van der Waals surface area contributed by atoms with Gasteiger partial charge in [0.25, 0.3) is 0 Å². The van der Waals surface area contributed by atoms with E-state index in [2.05, 4.69) is 15.5 Å². The number of rotatable bonds is 7. The van der Waals surface area contributed by atoms with E-state index in [0.717, 1.165) is 22.7 Å². The fraction of sp³-hybridized carbons (Fsp3) is 0.250. The zero-order valence-corrected chi connectivity index (χ0v) is 17.4. The molecule has 2 aromatic carbocycles. The molecule has 0 aliphatic heterocycles. The molecule has 3 aromatic rings. The number of nitrogens with zero attached hydrogens (tertiary/aromatic N) is 3. The number of carbonyl (C=O) groups excluding carboxylic acids is 1. The molecule has 6 nitrogen and oxygen atoms in total. The fourth-order valence-corrected chi connectivity index (χ4v) is 3.77. The predicted molar refractivity (Wildman–Crippen MR) is 112 cm³/mol. The molecule has 3 rings (SSSR count). The van der Waals surface area contributed by atoms with Gasteiger partial charge < -0.3 is 14.6 Å². The lowest BCUT2D eigenvalue weighted by Gasteiger charge is -2.15. The molecule has 1 aromatic heterocycles. The van der Waals surface area contributed by atoms with Gasteiger partial charge in [0.15, 0.2) is 11.0 Å². The van der Waals surface area contributed by atoms with E-state index in [-0.39, 0.29) is 17.7 Å². The number of carbonyl (C=O) groups is 1. The van der Waals surface area contributed by atoms with E-state index < -0.39 is 0 Å². The van der Waals surface area contributed by atoms with Crippen LogP contribution in [0.5, 0.6) is 5.75 Å². The maximum absolute atomic E-state index is 12.3. The second kappa shape index (κ2) is 9.12. The minimum atomic E-state index is -0.170. The third-order valence-electron chi connectivity index (χ3n) is 4.26. The van der Waals surface area contributed by atoms with E-state index in [9.17, 15) is 4.79 Å². The summed E-state index contributed by atoms with van der Waals surface area (Å²) in [6.07, 6.45) is 0. The highest BCUT2D eigenvalue weighted by Gasteiger charge is 2.15. The Bertz CT molecular complexity index is 959. The summed E-state index contributed by atoms with van der Waals surface area (Å²) in [5, 5.41) is 12.7. The smallest absolute Gasteiger partial charge is 0.230 e. The third-order valence-corrected chi connectivity index (χ3v) is 5.63. The number of ether oxygens (including phenoxy) is 1. The Balaban J connectivity index is 1.61. The highest BCUT2D eigenvalue weighted by atomic mass is 35.5. The fourth-order valence-electron chi connectivity index (χ4n) is 2.75. The van der Waals surface area contributed by atoms with Gasteiger partial charge >= 0.3 is 0 Å². The Labute approximate surface area is 173 Å². The molecule has 0 saturated heterocycles. The van der Waals surface area contributed by atoms with Crippen LogP contribution in [0.3, 0.4) is 0 Å². The molecule has 0 spiro atoms. The lowest BCUT2D eigenvalue weighted by atomic mass is 10.1. The first-order chi connectivity index (χ1) is 13.5. The molecule has 1 N–H and O–H groups in total. The molecule has 0 bridgehead atoms. The molecular weight excluding hydrogens is 396 g/mol. The average molecular weight is 417 g/mol. The first-order valence-electron chi connectivity index (χ1n) is 8.70. The number of nitrogens with one attached hydrogen (secondary N) is 1. The van der Waals surface area contributed by atoms with Crippen LogP contribution in [-0.4, -0.2) is 33.5 Å². The van der Waals surface area contributed by atoms with Gasteiger partial charge in [0.05, 0.1) is 18.9 Å². The zero-order valence-electron chi connectivity index (χ0n) is 15.8. The van der Waals surface area contributed by atoms with Crippen LogP contribution in [0.15, 0.2) is 53.7 Å². The van der Waals surface area contributed by atoms with Crippen LogP contribution in [0.25, 0.3) is 11.4 Å². The van der Waals surface area contributed by atoms with Crippen LogP contribution in [-0.2, 0) is 11.8 Å². The molecule has 0 aliphatic rings. The molecule has 0 saturated carbocycles. The molecule has 1 unspecified atom stereocenters. The maximum Gasteiger partial charge on any atom is 0.230 e. The second-order valence-corrected chi connectivity index (χ2v) is 7.54. The highest BCUT2D eigenvalue weighted by Crippen LogP contribution is 2.25. The number of hydrogen-bond acceptors (Lipinski definition) is 5. The number of aromatic nitrogens is 3. The topological polar surface area (TPSA) is 69.0 Å². The molecule has 1 amide bonds. The summed E-state index contributed by atoms with van der Waals surface area (Å²) in [5.74, 6) is 1.66. The molecule has 1 heterocycles. The number of thioether (sulfide) groups is 1. The summed E-state index contributed by atoms with van der Waals surface area (Å²) < 4.78 is 7.05. The molecule has 8 heteroatoms. The van der Waals surface area contributed by atoms with Crippen LogP contribution in [0, 0.1) is 0 Å². The van der Waals surface area contributed by atoms with Crippen molar-refractivity contribution in [1.82, 2.24) is 20.1 Å². The summed E-state index contributed by atoms with van der Waals surface area (Å²) in [4.78, 5) is 12.3. The Kier molecular flexibility index (Phi) is 6.59. The minimum absolute atomic E-state index is 0.0913.